The van der Waals surface area contributed by atoms with Crippen LogP contribution in [-0.2, 0) is 0 Å². The van der Waals surface area contributed by atoms with Gasteiger partial charge in [-0.05, 0) is 37.1 Å². The van der Waals surface area contributed by atoms with Crippen molar-refractivity contribution in [1.29, 1.82) is 0 Å². The lowest BCUT2D eigenvalue weighted by Crippen LogP contribution is -2.33. The highest BCUT2D eigenvalue weighted by Crippen LogP contribution is 2.19. The summed E-state index contributed by atoms with van der Waals surface area (Å²) in [5.74, 6) is -1.15. The van der Waals surface area contributed by atoms with Crippen LogP contribution in [0.5, 0.6) is 0 Å². The van der Waals surface area contributed by atoms with E-state index in [1.807, 2.05) is 13.8 Å². The molecule has 0 bridgehead atoms. The molecule has 3 aromatic rings. The minimum absolute atomic E-state index is 0.0658. The molecule has 0 spiro atoms. The summed E-state index contributed by atoms with van der Waals surface area (Å²) in [4.78, 5) is 31.9. The topological polar surface area (TPSA) is 66.7 Å². The first-order valence-corrected chi connectivity index (χ1v) is 9.39. The zero-order valence-corrected chi connectivity index (χ0v) is 16.0. The molecule has 0 aliphatic heterocycles. The van der Waals surface area contributed by atoms with Crippen molar-refractivity contribution in [1.82, 2.24) is 14.3 Å². The van der Waals surface area contributed by atoms with Crippen LogP contribution in [0.25, 0.3) is 5.52 Å². The third-order valence-corrected chi connectivity index (χ3v) is 4.35. The third kappa shape index (κ3) is 3.88. The molecule has 0 aliphatic carbocycles. The van der Waals surface area contributed by atoms with E-state index in [-0.39, 0.29) is 23.1 Å². The van der Waals surface area contributed by atoms with Gasteiger partial charge in [-0.1, -0.05) is 32.0 Å². The Balaban J connectivity index is 1.99. The monoisotopic (exact) mass is 382 g/mol. The van der Waals surface area contributed by atoms with Gasteiger partial charge in [0.1, 0.15) is 5.82 Å². The molecule has 0 fully saturated rings. The molecule has 0 unspecified atom stereocenters. The average Bonchev–Trinajstić information content (AvgIpc) is 3.09. The van der Waals surface area contributed by atoms with Crippen molar-refractivity contribution in [3.63, 3.8) is 0 Å². The number of carbonyl (C=O) groups is 2. The van der Waals surface area contributed by atoms with Crippen molar-refractivity contribution in [3.8, 4) is 0 Å². The first kappa shape index (κ1) is 19.5. The van der Waals surface area contributed by atoms with Gasteiger partial charge in [0.25, 0.3) is 11.8 Å². The van der Waals surface area contributed by atoms with Gasteiger partial charge in [-0.3, -0.25) is 14.0 Å². The number of halogens is 1. The summed E-state index contributed by atoms with van der Waals surface area (Å²) in [5.41, 5.74) is 0.642. The van der Waals surface area contributed by atoms with Crippen molar-refractivity contribution in [3.05, 3.63) is 66.0 Å². The minimum Gasteiger partial charge on any atom is -0.336 e. The molecule has 2 amide bonds. The number of nitrogens with one attached hydrogen (secondary N) is 1. The maximum atomic E-state index is 13.9. The summed E-state index contributed by atoms with van der Waals surface area (Å²) in [6, 6.07) is 11.2. The first-order valence-electron chi connectivity index (χ1n) is 9.39. The number of anilines is 1. The third-order valence-electron chi connectivity index (χ3n) is 4.35. The quantitative estimate of drug-likeness (QED) is 0.672. The van der Waals surface area contributed by atoms with Gasteiger partial charge in [-0.2, -0.15) is 0 Å². The standard InChI is InChI=1S/C21H23FN4O2/c1-3-12-25(13-4-2)21(28)19-24-18(17-11-7-8-14-26(17)19)20(27)23-16-10-6-5-9-15(16)22/h5-11,14H,3-4,12-13H2,1-2H3,(H,23,27). The van der Waals surface area contributed by atoms with Crippen molar-refractivity contribution >= 4 is 23.0 Å². The zero-order chi connectivity index (χ0) is 20.1. The Morgan fingerprint density at radius 2 is 1.75 bits per heavy atom. The molecule has 6 nitrogen and oxygen atoms in total. The summed E-state index contributed by atoms with van der Waals surface area (Å²) in [7, 11) is 0. The molecule has 2 heterocycles. The highest BCUT2D eigenvalue weighted by atomic mass is 19.1. The first-order chi connectivity index (χ1) is 13.6. The molecule has 0 radical (unpaired) electrons. The van der Waals surface area contributed by atoms with E-state index in [1.54, 1.807) is 45.8 Å². The molecule has 1 aromatic carbocycles. The Kier molecular flexibility index (Phi) is 6.03. The van der Waals surface area contributed by atoms with Crippen LogP contribution in [0.15, 0.2) is 48.7 Å². The number of hydrogen-bond acceptors (Lipinski definition) is 3. The summed E-state index contributed by atoms with van der Waals surface area (Å²) in [5, 5.41) is 2.54. The summed E-state index contributed by atoms with van der Waals surface area (Å²) in [6.07, 6.45) is 3.36. The Morgan fingerprint density at radius 3 is 2.43 bits per heavy atom. The molecular weight excluding hydrogens is 359 g/mol. The lowest BCUT2D eigenvalue weighted by molar-refractivity contribution is 0.0742. The normalized spacial score (nSPS) is 10.8. The fourth-order valence-corrected chi connectivity index (χ4v) is 3.10. The highest BCUT2D eigenvalue weighted by molar-refractivity contribution is 6.09. The van der Waals surface area contributed by atoms with Crippen LogP contribution in [0.1, 0.15) is 47.8 Å². The molecule has 3 rings (SSSR count). The largest absolute Gasteiger partial charge is 0.336 e. The van der Waals surface area contributed by atoms with E-state index in [0.29, 0.717) is 18.6 Å². The smallest absolute Gasteiger partial charge is 0.290 e. The number of para-hydroxylation sites is 1. The molecule has 0 atom stereocenters. The predicted octanol–water partition coefficient (Wildman–Crippen LogP) is 3.99. The maximum Gasteiger partial charge on any atom is 0.290 e. The van der Waals surface area contributed by atoms with Crippen molar-refractivity contribution in [2.75, 3.05) is 18.4 Å². The molecule has 1 N–H and O–H groups in total. The number of amides is 2. The fourth-order valence-electron chi connectivity index (χ4n) is 3.10. The van der Waals surface area contributed by atoms with Crippen LogP contribution >= 0.6 is 0 Å². The van der Waals surface area contributed by atoms with E-state index >= 15 is 0 Å². The summed E-state index contributed by atoms with van der Waals surface area (Å²) in [6.45, 7) is 5.25. The van der Waals surface area contributed by atoms with E-state index in [1.165, 1.54) is 12.1 Å². The lowest BCUT2D eigenvalue weighted by atomic mass is 10.2. The van der Waals surface area contributed by atoms with Crippen LogP contribution in [0.2, 0.25) is 0 Å². The van der Waals surface area contributed by atoms with E-state index in [2.05, 4.69) is 10.3 Å². The zero-order valence-electron chi connectivity index (χ0n) is 16.0. The van der Waals surface area contributed by atoms with Crippen LogP contribution in [0.3, 0.4) is 0 Å². The minimum atomic E-state index is -0.564. The van der Waals surface area contributed by atoms with Crippen molar-refractivity contribution in [2.45, 2.75) is 26.7 Å². The predicted molar refractivity (Wildman–Crippen MR) is 106 cm³/mol. The maximum absolute atomic E-state index is 13.9. The summed E-state index contributed by atoms with van der Waals surface area (Å²) >= 11 is 0. The van der Waals surface area contributed by atoms with E-state index in [9.17, 15) is 14.0 Å². The Bertz CT molecular complexity index is 993. The van der Waals surface area contributed by atoms with E-state index < -0.39 is 11.7 Å². The SMILES string of the molecule is CCCN(CCC)C(=O)c1nc(C(=O)Nc2ccccc2F)c2ccccn12. The Morgan fingerprint density at radius 1 is 1.07 bits per heavy atom. The van der Waals surface area contributed by atoms with Gasteiger partial charge >= 0.3 is 0 Å². The number of fused-ring (bicyclic) bond motifs is 1. The van der Waals surface area contributed by atoms with Gasteiger partial charge in [0.05, 0.1) is 11.2 Å². The molecule has 7 heteroatoms. The lowest BCUT2D eigenvalue weighted by Gasteiger charge is -2.20. The second kappa shape index (κ2) is 8.65. The molecule has 146 valence electrons. The number of imidazole rings is 1. The average molecular weight is 382 g/mol. The Hall–Kier alpha value is -3.22. The van der Waals surface area contributed by atoms with Gasteiger partial charge in [0, 0.05) is 19.3 Å². The van der Waals surface area contributed by atoms with Crippen molar-refractivity contribution in [2.24, 2.45) is 0 Å². The fraction of sp³-hybridized carbons (Fsp3) is 0.286. The Labute approximate surface area is 163 Å². The van der Waals surface area contributed by atoms with Gasteiger partial charge in [0.15, 0.2) is 5.69 Å². The molecule has 0 saturated carbocycles. The van der Waals surface area contributed by atoms with Crippen LogP contribution in [0.4, 0.5) is 10.1 Å². The molecule has 2 aromatic heterocycles. The van der Waals surface area contributed by atoms with Crippen molar-refractivity contribution < 1.29 is 14.0 Å². The molecule has 0 aliphatic rings. The van der Waals surface area contributed by atoms with Crippen LogP contribution < -0.4 is 5.32 Å². The number of aromatic nitrogens is 2. The van der Waals surface area contributed by atoms with E-state index in [0.717, 1.165) is 12.8 Å². The van der Waals surface area contributed by atoms with Gasteiger partial charge < -0.3 is 10.2 Å². The number of hydrogen-bond donors (Lipinski definition) is 1. The second-order valence-corrected chi connectivity index (χ2v) is 6.47. The van der Waals surface area contributed by atoms with Gasteiger partial charge in [-0.25, -0.2) is 9.37 Å². The number of carbonyl (C=O) groups excluding carboxylic acids is 2. The molecule has 28 heavy (non-hydrogen) atoms. The number of benzene rings is 1. The molecular formula is C21H23FN4O2. The second-order valence-electron chi connectivity index (χ2n) is 6.47. The van der Waals surface area contributed by atoms with Gasteiger partial charge in [0.2, 0.25) is 5.82 Å². The highest BCUT2D eigenvalue weighted by Gasteiger charge is 2.25. The number of nitrogens with zero attached hydrogens (tertiary/aromatic N) is 3. The molecule has 0 saturated heterocycles. The number of rotatable bonds is 7. The van der Waals surface area contributed by atoms with Crippen LogP contribution in [0, 0.1) is 5.82 Å². The van der Waals surface area contributed by atoms with E-state index in [4.69, 9.17) is 0 Å². The number of pyridine rings is 1. The van der Waals surface area contributed by atoms with Gasteiger partial charge in [-0.15, -0.1) is 0 Å². The summed E-state index contributed by atoms with van der Waals surface area (Å²) < 4.78 is 15.5. The van der Waals surface area contributed by atoms with Crippen LogP contribution in [-0.4, -0.2) is 39.2 Å².